The summed E-state index contributed by atoms with van der Waals surface area (Å²) < 4.78 is 28.0. The molecule has 1 aliphatic rings. The van der Waals surface area contributed by atoms with Crippen molar-refractivity contribution in [3.05, 3.63) is 71.6 Å². The van der Waals surface area contributed by atoms with Crippen LogP contribution in [-0.2, 0) is 6.42 Å². The molecule has 1 aromatic carbocycles. The number of hydrogen-bond acceptors (Lipinski definition) is 1. The molecule has 0 bridgehead atoms. The van der Waals surface area contributed by atoms with Gasteiger partial charge in [-0.1, -0.05) is 39.5 Å². The predicted molar refractivity (Wildman–Crippen MR) is 96.3 cm³/mol. The quantitative estimate of drug-likeness (QED) is 0.632. The maximum atomic E-state index is 14.0. The van der Waals surface area contributed by atoms with Crippen molar-refractivity contribution in [3.8, 4) is 0 Å². The SMILES string of the molecule is C=C1C(C(CC)Cc2c(F)cccc2F)=CC=CN1C(C)C(C)C. The second-order valence-electron chi connectivity index (χ2n) is 6.81. The molecule has 0 radical (unpaired) electrons. The minimum Gasteiger partial charge on any atom is -0.345 e. The molecule has 1 aliphatic heterocycles. The number of halogens is 2. The Morgan fingerprint density at radius 2 is 1.75 bits per heavy atom. The summed E-state index contributed by atoms with van der Waals surface area (Å²) in [5, 5.41) is 0. The molecular weight excluding hydrogens is 304 g/mol. The van der Waals surface area contributed by atoms with Crippen molar-refractivity contribution in [3.63, 3.8) is 0 Å². The van der Waals surface area contributed by atoms with Gasteiger partial charge in [-0.2, -0.15) is 0 Å². The van der Waals surface area contributed by atoms with E-state index in [-0.39, 0.29) is 11.5 Å². The zero-order valence-electron chi connectivity index (χ0n) is 15.0. The lowest BCUT2D eigenvalue weighted by molar-refractivity contribution is 0.285. The van der Waals surface area contributed by atoms with E-state index >= 15 is 0 Å². The Kier molecular flexibility index (Phi) is 5.98. The van der Waals surface area contributed by atoms with Crippen LogP contribution < -0.4 is 0 Å². The minimum absolute atomic E-state index is 0.0377. The summed E-state index contributed by atoms with van der Waals surface area (Å²) in [6.45, 7) is 12.8. The summed E-state index contributed by atoms with van der Waals surface area (Å²) in [6.07, 6.45) is 7.21. The highest BCUT2D eigenvalue weighted by Gasteiger charge is 2.26. The van der Waals surface area contributed by atoms with E-state index in [1.807, 2.05) is 25.3 Å². The average molecular weight is 331 g/mol. The van der Waals surface area contributed by atoms with Gasteiger partial charge >= 0.3 is 0 Å². The van der Waals surface area contributed by atoms with E-state index in [4.69, 9.17) is 0 Å². The summed E-state index contributed by atoms with van der Waals surface area (Å²) in [5.41, 5.74) is 2.16. The Hall–Kier alpha value is -1.90. The molecule has 0 N–H and O–H groups in total. The van der Waals surface area contributed by atoms with Crippen molar-refractivity contribution in [1.29, 1.82) is 0 Å². The normalized spacial score (nSPS) is 17.2. The van der Waals surface area contributed by atoms with Crippen LogP contribution >= 0.6 is 0 Å². The van der Waals surface area contributed by atoms with Crippen molar-refractivity contribution in [1.82, 2.24) is 4.90 Å². The minimum atomic E-state index is -0.474. The van der Waals surface area contributed by atoms with Crippen LogP contribution in [0.3, 0.4) is 0 Å². The van der Waals surface area contributed by atoms with Crippen molar-refractivity contribution >= 4 is 0 Å². The monoisotopic (exact) mass is 331 g/mol. The van der Waals surface area contributed by atoms with E-state index in [1.165, 1.54) is 18.2 Å². The Morgan fingerprint density at radius 1 is 1.12 bits per heavy atom. The van der Waals surface area contributed by atoms with E-state index in [0.29, 0.717) is 18.4 Å². The van der Waals surface area contributed by atoms with Crippen LogP contribution in [0.2, 0.25) is 0 Å². The molecule has 0 amide bonds. The first kappa shape index (κ1) is 18.4. The molecule has 2 rings (SSSR count). The van der Waals surface area contributed by atoms with Crippen LogP contribution in [0.15, 0.2) is 54.4 Å². The topological polar surface area (TPSA) is 3.24 Å². The first-order valence-corrected chi connectivity index (χ1v) is 8.65. The smallest absolute Gasteiger partial charge is 0.129 e. The highest BCUT2D eigenvalue weighted by molar-refractivity contribution is 5.39. The largest absolute Gasteiger partial charge is 0.345 e. The molecule has 130 valence electrons. The molecule has 24 heavy (non-hydrogen) atoms. The van der Waals surface area contributed by atoms with Gasteiger partial charge < -0.3 is 4.90 Å². The van der Waals surface area contributed by atoms with Crippen LogP contribution in [0.1, 0.15) is 39.7 Å². The van der Waals surface area contributed by atoms with Crippen LogP contribution in [0, 0.1) is 23.5 Å². The van der Waals surface area contributed by atoms with Gasteiger partial charge in [-0.25, -0.2) is 8.78 Å². The molecule has 0 saturated heterocycles. The first-order chi connectivity index (χ1) is 11.4. The summed E-state index contributed by atoms with van der Waals surface area (Å²) >= 11 is 0. The third-order valence-electron chi connectivity index (χ3n) is 5.02. The summed E-state index contributed by atoms with van der Waals surface area (Å²) in [5.74, 6) is -0.428. The Bertz CT molecular complexity index is 638. The van der Waals surface area contributed by atoms with Gasteiger partial charge in [0.1, 0.15) is 11.6 Å². The zero-order chi connectivity index (χ0) is 17.9. The van der Waals surface area contributed by atoms with E-state index in [2.05, 4.69) is 32.3 Å². The molecule has 0 saturated carbocycles. The molecular formula is C21H27F2N. The third-order valence-corrected chi connectivity index (χ3v) is 5.02. The van der Waals surface area contributed by atoms with Gasteiger partial charge in [0.2, 0.25) is 0 Å². The second kappa shape index (κ2) is 7.78. The van der Waals surface area contributed by atoms with Crippen molar-refractivity contribution in [2.24, 2.45) is 11.8 Å². The lowest BCUT2D eigenvalue weighted by atomic mass is 9.85. The number of allylic oxidation sites excluding steroid dienone is 3. The molecule has 1 nitrogen and oxygen atoms in total. The fraction of sp³-hybridized carbons (Fsp3) is 0.429. The maximum absolute atomic E-state index is 14.0. The van der Waals surface area contributed by atoms with Crippen LogP contribution in [0.4, 0.5) is 8.78 Å². The molecule has 2 atom stereocenters. The fourth-order valence-corrected chi connectivity index (χ4v) is 3.10. The lowest BCUT2D eigenvalue weighted by Gasteiger charge is -2.37. The highest BCUT2D eigenvalue weighted by atomic mass is 19.1. The second-order valence-corrected chi connectivity index (χ2v) is 6.81. The molecule has 1 heterocycles. The van der Waals surface area contributed by atoms with Gasteiger partial charge in [-0.15, -0.1) is 0 Å². The van der Waals surface area contributed by atoms with Gasteiger partial charge in [-0.3, -0.25) is 0 Å². The first-order valence-electron chi connectivity index (χ1n) is 8.65. The van der Waals surface area contributed by atoms with Crippen molar-refractivity contribution in [2.45, 2.75) is 46.6 Å². The van der Waals surface area contributed by atoms with Crippen molar-refractivity contribution in [2.75, 3.05) is 0 Å². The van der Waals surface area contributed by atoms with Crippen molar-refractivity contribution < 1.29 is 8.78 Å². The Balaban J connectivity index is 2.26. The maximum Gasteiger partial charge on any atom is 0.129 e. The van der Waals surface area contributed by atoms with Crippen LogP contribution in [0.25, 0.3) is 0 Å². The summed E-state index contributed by atoms with van der Waals surface area (Å²) in [6, 6.07) is 4.37. The average Bonchev–Trinajstić information content (AvgIpc) is 2.55. The number of benzene rings is 1. The van der Waals surface area contributed by atoms with Crippen LogP contribution in [0.5, 0.6) is 0 Å². The lowest BCUT2D eigenvalue weighted by Crippen LogP contribution is -2.34. The van der Waals surface area contributed by atoms with E-state index in [1.54, 1.807) is 0 Å². The van der Waals surface area contributed by atoms with E-state index in [0.717, 1.165) is 17.7 Å². The molecule has 0 fully saturated rings. The van der Waals surface area contributed by atoms with Crippen LogP contribution in [-0.4, -0.2) is 10.9 Å². The van der Waals surface area contributed by atoms with Gasteiger partial charge in [0.25, 0.3) is 0 Å². The van der Waals surface area contributed by atoms with Gasteiger partial charge in [0, 0.05) is 23.5 Å². The van der Waals surface area contributed by atoms with Gasteiger partial charge in [0.15, 0.2) is 0 Å². The predicted octanol–water partition coefficient (Wildman–Crippen LogP) is 5.85. The molecule has 0 spiro atoms. The van der Waals surface area contributed by atoms with E-state index < -0.39 is 11.6 Å². The summed E-state index contributed by atoms with van der Waals surface area (Å²) in [4.78, 5) is 2.17. The molecule has 3 heteroatoms. The number of hydrogen-bond donors (Lipinski definition) is 0. The zero-order valence-corrected chi connectivity index (χ0v) is 15.0. The summed E-state index contributed by atoms with van der Waals surface area (Å²) in [7, 11) is 0. The number of nitrogens with zero attached hydrogens (tertiary/aromatic N) is 1. The number of rotatable bonds is 6. The molecule has 2 unspecified atom stereocenters. The third kappa shape index (κ3) is 3.77. The Morgan fingerprint density at radius 3 is 2.29 bits per heavy atom. The standard InChI is InChI=1S/C21H27F2N/c1-6-17(13-19-20(22)10-7-11-21(19)23)18-9-8-12-24(16(18)5)15(4)14(2)3/h7-12,14-15,17H,5-6,13H2,1-4H3. The van der Waals surface area contributed by atoms with E-state index in [9.17, 15) is 8.78 Å². The molecule has 0 aromatic heterocycles. The molecule has 1 aromatic rings. The Labute approximate surface area is 144 Å². The molecule has 0 aliphatic carbocycles. The highest BCUT2D eigenvalue weighted by Crippen LogP contribution is 2.33. The van der Waals surface area contributed by atoms with Gasteiger partial charge in [0.05, 0.1) is 0 Å². The van der Waals surface area contributed by atoms with Gasteiger partial charge in [-0.05, 0) is 55.4 Å². The fourth-order valence-electron chi connectivity index (χ4n) is 3.10.